The maximum absolute atomic E-state index is 11.6. The van der Waals surface area contributed by atoms with E-state index in [4.69, 9.17) is 11.6 Å². The van der Waals surface area contributed by atoms with Gasteiger partial charge in [0.25, 0.3) is 5.91 Å². The van der Waals surface area contributed by atoms with Crippen molar-refractivity contribution in [2.24, 2.45) is 0 Å². The number of hydrogen-bond donors (Lipinski definition) is 1. The van der Waals surface area contributed by atoms with Crippen molar-refractivity contribution in [1.29, 1.82) is 0 Å². The Morgan fingerprint density at radius 3 is 2.53 bits per heavy atom. The SMILES string of the molecule is O=C(NCCCCCl)c1ccc(I)cc1. The van der Waals surface area contributed by atoms with Gasteiger partial charge in [0.1, 0.15) is 0 Å². The van der Waals surface area contributed by atoms with E-state index in [-0.39, 0.29) is 5.91 Å². The molecule has 0 saturated heterocycles. The summed E-state index contributed by atoms with van der Waals surface area (Å²) in [5.41, 5.74) is 0.710. The van der Waals surface area contributed by atoms with Gasteiger partial charge in [-0.15, -0.1) is 11.6 Å². The van der Waals surface area contributed by atoms with E-state index < -0.39 is 0 Å². The normalized spacial score (nSPS) is 10.0. The largest absolute Gasteiger partial charge is 0.352 e. The fourth-order valence-electron chi connectivity index (χ4n) is 1.12. The molecule has 1 amide bonds. The van der Waals surface area contributed by atoms with Crippen molar-refractivity contribution >= 4 is 40.1 Å². The first kappa shape index (κ1) is 12.8. The van der Waals surface area contributed by atoms with Crippen LogP contribution in [0, 0.1) is 3.57 Å². The first-order chi connectivity index (χ1) is 7.24. The highest BCUT2D eigenvalue weighted by Crippen LogP contribution is 2.06. The maximum Gasteiger partial charge on any atom is 0.251 e. The molecule has 0 aliphatic carbocycles. The average Bonchev–Trinajstić information content (AvgIpc) is 2.25. The third-order valence-corrected chi connectivity index (χ3v) is 2.94. The summed E-state index contributed by atoms with van der Waals surface area (Å²) in [7, 11) is 0. The molecule has 0 aliphatic heterocycles. The molecule has 0 heterocycles. The second kappa shape index (κ2) is 7.06. The number of nitrogens with one attached hydrogen (secondary N) is 1. The van der Waals surface area contributed by atoms with Crippen molar-refractivity contribution in [1.82, 2.24) is 5.32 Å². The highest BCUT2D eigenvalue weighted by Gasteiger charge is 2.03. The Morgan fingerprint density at radius 1 is 1.27 bits per heavy atom. The summed E-state index contributed by atoms with van der Waals surface area (Å²) in [6.07, 6.45) is 1.87. The molecule has 0 bridgehead atoms. The number of amides is 1. The number of carbonyl (C=O) groups excluding carboxylic acids is 1. The predicted molar refractivity (Wildman–Crippen MR) is 71.4 cm³/mol. The van der Waals surface area contributed by atoms with Crippen LogP contribution in [0.25, 0.3) is 0 Å². The molecule has 15 heavy (non-hydrogen) atoms. The predicted octanol–water partition coefficient (Wildman–Crippen LogP) is 3.04. The Kier molecular flexibility index (Phi) is 6.02. The Morgan fingerprint density at radius 2 is 1.93 bits per heavy atom. The third-order valence-electron chi connectivity index (χ3n) is 1.95. The Labute approximate surface area is 109 Å². The van der Waals surface area contributed by atoms with Crippen LogP contribution in [0.3, 0.4) is 0 Å². The molecule has 0 atom stereocenters. The Hall–Kier alpha value is -0.290. The molecule has 1 aromatic rings. The van der Waals surface area contributed by atoms with Gasteiger partial charge in [-0.2, -0.15) is 0 Å². The number of benzene rings is 1. The smallest absolute Gasteiger partial charge is 0.251 e. The van der Waals surface area contributed by atoms with Gasteiger partial charge in [0, 0.05) is 21.6 Å². The molecular formula is C11H13ClINO. The molecule has 0 spiro atoms. The second-order valence-corrected chi connectivity index (χ2v) is 4.78. The lowest BCUT2D eigenvalue weighted by atomic mass is 10.2. The van der Waals surface area contributed by atoms with E-state index in [1.54, 1.807) is 0 Å². The van der Waals surface area contributed by atoms with Gasteiger partial charge in [-0.05, 0) is 59.7 Å². The number of unbranched alkanes of at least 4 members (excludes halogenated alkanes) is 1. The van der Waals surface area contributed by atoms with Crippen LogP contribution in [0.15, 0.2) is 24.3 Å². The number of rotatable bonds is 5. The highest BCUT2D eigenvalue weighted by molar-refractivity contribution is 14.1. The summed E-state index contributed by atoms with van der Waals surface area (Å²) in [6.45, 7) is 0.692. The zero-order valence-corrected chi connectivity index (χ0v) is 11.2. The average molecular weight is 338 g/mol. The molecule has 0 unspecified atom stereocenters. The summed E-state index contributed by atoms with van der Waals surface area (Å²) in [5.74, 6) is 0.639. The van der Waals surface area contributed by atoms with Crippen LogP contribution < -0.4 is 5.32 Å². The Balaban J connectivity index is 2.37. The van der Waals surface area contributed by atoms with E-state index in [0.29, 0.717) is 18.0 Å². The molecular weight excluding hydrogens is 324 g/mol. The van der Waals surface area contributed by atoms with Gasteiger partial charge in [-0.1, -0.05) is 0 Å². The van der Waals surface area contributed by atoms with Crippen LogP contribution in [0.1, 0.15) is 23.2 Å². The second-order valence-electron chi connectivity index (χ2n) is 3.16. The van der Waals surface area contributed by atoms with Crippen molar-refractivity contribution in [3.63, 3.8) is 0 Å². The number of halogens is 2. The van der Waals surface area contributed by atoms with Crippen LogP contribution >= 0.6 is 34.2 Å². The van der Waals surface area contributed by atoms with E-state index in [1.807, 2.05) is 24.3 Å². The summed E-state index contributed by atoms with van der Waals surface area (Å²) in [5, 5.41) is 2.85. The number of hydrogen-bond acceptors (Lipinski definition) is 1. The zero-order chi connectivity index (χ0) is 11.1. The topological polar surface area (TPSA) is 29.1 Å². The zero-order valence-electron chi connectivity index (χ0n) is 8.30. The monoisotopic (exact) mass is 337 g/mol. The number of carbonyl (C=O) groups is 1. The Bertz CT molecular complexity index is 313. The summed E-state index contributed by atoms with van der Waals surface area (Å²) < 4.78 is 1.13. The van der Waals surface area contributed by atoms with Gasteiger partial charge in [-0.25, -0.2) is 0 Å². The maximum atomic E-state index is 11.6. The van der Waals surface area contributed by atoms with E-state index in [9.17, 15) is 4.79 Å². The minimum absolute atomic E-state index is 0.0130. The first-order valence-electron chi connectivity index (χ1n) is 4.84. The minimum Gasteiger partial charge on any atom is -0.352 e. The lowest BCUT2D eigenvalue weighted by Gasteiger charge is -2.04. The van der Waals surface area contributed by atoms with Gasteiger partial charge >= 0.3 is 0 Å². The molecule has 2 nitrogen and oxygen atoms in total. The van der Waals surface area contributed by atoms with Crippen molar-refractivity contribution in [3.05, 3.63) is 33.4 Å². The van der Waals surface area contributed by atoms with Crippen molar-refractivity contribution in [3.8, 4) is 0 Å². The lowest BCUT2D eigenvalue weighted by molar-refractivity contribution is 0.0953. The van der Waals surface area contributed by atoms with E-state index in [2.05, 4.69) is 27.9 Å². The molecule has 0 aliphatic rings. The summed E-state index contributed by atoms with van der Waals surface area (Å²) in [4.78, 5) is 11.6. The van der Waals surface area contributed by atoms with Gasteiger partial charge in [0.05, 0.1) is 0 Å². The van der Waals surface area contributed by atoms with Crippen molar-refractivity contribution in [2.45, 2.75) is 12.8 Å². The summed E-state index contributed by atoms with van der Waals surface area (Å²) in [6, 6.07) is 7.51. The van der Waals surface area contributed by atoms with Crippen LogP contribution in [-0.2, 0) is 0 Å². The van der Waals surface area contributed by atoms with Crippen LogP contribution in [0.2, 0.25) is 0 Å². The van der Waals surface area contributed by atoms with Crippen LogP contribution in [-0.4, -0.2) is 18.3 Å². The van der Waals surface area contributed by atoms with Gasteiger partial charge in [0.15, 0.2) is 0 Å². The fourth-order valence-corrected chi connectivity index (χ4v) is 1.67. The van der Waals surface area contributed by atoms with Gasteiger partial charge < -0.3 is 5.32 Å². The fraction of sp³-hybridized carbons (Fsp3) is 0.364. The van der Waals surface area contributed by atoms with Gasteiger partial charge in [0.2, 0.25) is 0 Å². The molecule has 0 fully saturated rings. The highest BCUT2D eigenvalue weighted by atomic mass is 127. The van der Waals surface area contributed by atoms with Gasteiger partial charge in [-0.3, -0.25) is 4.79 Å². The van der Waals surface area contributed by atoms with Crippen molar-refractivity contribution < 1.29 is 4.79 Å². The quantitative estimate of drug-likeness (QED) is 0.499. The standard InChI is InChI=1S/C11H13ClINO/c12-7-1-2-8-14-11(15)9-3-5-10(13)6-4-9/h3-6H,1-2,7-8H2,(H,14,15). The molecule has 0 aromatic heterocycles. The minimum atomic E-state index is -0.0130. The molecule has 1 aromatic carbocycles. The van der Waals surface area contributed by atoms with E-state index in [0.717, 1.165) is 16.4 Å². The van der Waals surface area contributed by atoms with Crippen LogP contribution in [0.4, 0.5) is 0 Å². The first-order valence-corrected chi connectivity index (χ1v) is 6.45. The third kappa shape index (κ3) is 4.84. The van der Waals surface area contributed by atoms with E-state index >= 15 is 0 Å². The lowest BCUT2D eigenvalue weighted by Crippen LogP contribution is -2.24. The molecule has 1 N–H and O–H groups in total. The molecule has 0 radical (unpaired) electrons. The van der Waals surface area contributed by atoms with Crippen molar-refractivity contribution in [2.75, 3.05) is 12.4 Å². The molecule has 82 valence electrons. The van der Waals surface area contributed by atoms with E-state index in [1.165, 1.54) is 0 Å². The molecule has 1 rings (SSSR count). The van der Waals surface area contributed by atoms with Crippen LogP contribution in [0.5, 0.6) is 0 Å². The summed E-state index contributed by atoms with van der Waals surface area (Å²) >= 11 is 7.75. The molecule has 4 heteroatoms. The molecule has 0 saturated carbocycles. The number of alkyl halides is 1.